The monoisotopic (exact) mass is 366 g/mol. The summed E-state index contributed by atoms with van der Waals surface area (Å²) in [6.07, 6.45) is 9.04. The highest BCUT2D eigenvalue weighted by molar-refractivity contribution is 5.75. The van der Waals surface area contributed by atoms with Crippen molar-refractivity contribution in [3.63, 3.8) is 0 Å². The van der Waals surface area contributed by atoms with E-state index in [-0.39, 0.29) is 11.9 Å². The predicted molar refractivity (Wildman–Crippen MR) is 113 cm³/mol. The molecule has 0 heterocycles. The lowest BCUT2D eigenvalue weighted by Crippen LogP contribution is -2.23. The summed E-state index contributed by atoms with van der Waals surface area (Å²) in [4.78, 5) is 12.7. The van der Waals surface area contributed by atoms with Gasteiger partial charge in [-0.2, -0.15) is 0 Å². The van der Waals surface area contributed by atoms with Gasteiger partial charge in [-0.15, -0.1) is 0 Å². The Morgan fingerprint density at radius 3 is 2.19 bits per heavy atom. The molecule has 2 rings (SSSR count). The number of hydrogen-bond donors (Lipinski definition) is 0. The van der Waals surface area contributed by atoms with Crippen molar-refractivity contribution in [2.24, 2.45) is 11.8 Å². The van der Waals surface area contributed by atoms with Crippen LogP contribution in [0.15, 0.2) is 60.7 Å². The van der Waals surface area contributed by atoms with Crippen molar-refractivity contribution < 1.29 is 9.53 Å². The maximum Gasteiger partial charge on any atom is 0.314 e. The van der Waals surface area contributed by atoms with E-state index in [0.717, 1.165) is 19.3 Å². The Kier molecular flexibility index (Phi) is 9.68. The van der Waals surface area contributed by atoms with Gasteiger partial charge in [-0.05, 0) is 42.9 Å². The van der Waals surface area contributed by atoms with Crippen LogP contribution in [0.3, 0.4) is 0 Å². The van der Waals surface area contributed by atoms with Crippen molar-refractivity contribution in [1.29, 1.82) is 0 Å². The van der Waals surface area contributed by atoms with Gasteiger partial charge in [0.05, 0.1) is 5.92 Å². The fraction of sp³-hybridized carbons (Fsp3) is 0.480. The second-order valence-electron chi connectivity index (χ2n) is 7.48. The van der Waals surface area contributed by atoms with Crippen molar-refractivity contribution >= 4 is 5.97 Å². The Bertz CT molecular complexity index is 636. The molecule has 2 unspecified atom stereocenters. The molecule has 0 saturated carbocycles. The third-order valence-corrected chi connectivity index (χ3v) is 5.24. The zero-order valence-electron chi connectivity index (χ0n) is 16.9. The van der Waals surface area contributed by atoms with E-state index in [1.54, 1.807) is 0 Å². The SMILES string of the molecule is CCCCCCC(Cc1ccccc1)CC(CC)C(=O)Oc1ccccc1. The predicted octanol–water partition coefficient (Wildman–Crippen LogP) is 6.84. The summed E-state index contributed by atoms with van der Waals surface area (Å²) in [5.41, 5.74) is 1.37. The number of rotatable bonds is 12. The van der Waals surface area contributed by atoms with Crippen LogP contribution in [0.2, 0.25) is 0 Å². The topological polar surface area (TPSA) is 26.3 Å². The highest BCUT2D eigenvalue weighted by Crippen LogP contribution is 2.26. The van der Waals surface area contributed by atoms with Crippen molar-refractivity contribution in [2.75, 3.05) is 0 Å². The van der Waals surface area contributed by atoms with Gasteiger partial charge < -0.3 is 4.74 Å². The molecule has 0 aliphatic heterocycles. The molecule has 0 aromatic heterocycles. The summed E-state index contributed by atoms with van der Waals surface area (Å²) < 4.78 is 5.62. The zero-order chi connectivity index (χ0) is 19.3. The molecule has 0 aliphatic rings. The molecule has 0 bridgehead atoms. The van der Waals surface area contributed by atoms with Gasteiger partial charge in [0.25, 0.3) is 0 Å². The third kappa shape index (κ3) is 7.99. The molecule has 0 N–H and O–H groups in total. The number of benzene rings is 2. The molecular formula is C25H34O2. The molecule has 2 aromatic carbocycles. The molecule has 27 heavy (non-hydrogen) atoms. The standard InChI is InChI=1S/C25H34O2/c1-3-5-6-9-16-22(19-21-14-10-7-11-15-21)20-23(4-2)25(26)27-24-17-12-8-13-18-24/h7-8,10-15,17-18,22-23H,3-6,9,16,19-20H2,1-2H3. The van der Waals surface area contributed by atoms with E-state index < -0.39 is 0 Å². The average molecular weight is 367 g/mol. The number of ether oxygens (including phenoxy) is 1. The zero-order valence-corrected chi connectivity index (χ0v) is 16.9. The first kappa shape index (κ1) is 21.2. The normalized spacial score (nSPS) is 13.1. The summed E-state index contributed by atoms with van der Waals surface area (Å²) in [5.74, 6) is 1.04. The number of hydrogen-bond acceptors (Lipinski definition) is 2. The van der Waals surface area contributed by atoms with Crippen LogP contribution < -0.4 is 4.74 Å². The highest BCUT2D eigenvalue weighted by Gasteiger charge is 2.23. The number of para-hydroxylation sites is 1. The second-order valence-corrected chi connectivity index (χ2v) is 7.48. The van der Waals surface area contributed by atoms with E-state index >= 15 is 0 Å². The lowest BCUT2D eigenvalue weighted by atomic mass is 9.84. The van der Waals surface area contributed by atoms with Gasteiger partial charge in [0.1, 0.15) is 5.75 Å². The maximum absolute atomic E-state index is 12.7. The minimum atomic E-state index is -0.0877. The molecule has 146 valence electrons. The smallest absolute Gasteiger partial charge is 0.314 e. The number of esters is 1. The van der Waals surface area contributed by atoms with Crippen LogP contribution in [0.1, 0.15) is 64.4 Å². The molecule has 0 saturated heterocycles. The average Bonchev–Trinajstić information content (AvgIpc) is 2.70. The molecule has 0 amide bonds. The van der Waals surface area contributed by atoms with E-state index in [1.165, 1.54) is 37.7 Å². The van der Waals surface area contributed by atoms with E-state index in [1.807, 2.05) is 30.3 Å². The first-order chi connectivity index (χ1) is 13.2. The minimum Gasteiger partial charge on any atom is -0.426 e. The number of unbranched alkanes of at least 4 members (excludes halogenated alkanes) is 3. The molecule has 0 radical (unpaired) electrons. The summed E-state index contributed by atoms with van der Waals surface area (Å²) in [6.45, 7) is 4.34. The Labute approximate surface area is 165 Å². The first-order valence-corrected chi connectivity index (χ1v) is 10.5. The highest BCUT2D eigenvalue weighted by atomic mass is 16.5. The summed E-state index contributed by atoms with van der Waals surface area (Å²) in [7, 11) is 0. The minimum absolute atomic E-state index is 0.0370. The largest absolute Gasteiger partial charge is 0.426 e. The van der Waals surface area contributed by atoms with Crippen LogP contribution in [0.4, 0.5) is 0 Å². The molecular weight excluding hydrogens is 332 g/mol. The van der Waals surface area contributed by atoms with Crippen LogP contribution in [-0.2, 0) is 11.2 Å². The van der Waals surface area contributed by atoms with Gasteiger partial charge in [-0.1, -0.05) is 94.5 Å². The Hall–Kier alpha value is -2.09. The fourth-order valence-electron chi connectivity index (χ4n) is 3.63. The molecule has 2 atom stereocenters. The molecule has 2 aromatic rings. The van der Waals surface area contributed by atoms with Crippen LogP contribution in [0, 0.1) is 11.8 Å². The second kappa shape index (κ2) is 12.3. The molecule has 2 nitrogen and oxygen atoms in total. The van der Waals surface area contributed by atoms with Crippen molar-refractivity contribution in [1.82, 2.24) is 0 Å². The van der Waals surface area contributed by atoms with Crippen LogP contribution in [-0.4, -0.2) is 5.97 Å². The fourth-order valence-corrected chi connectivity index (χ4v) is 3.63. The third-order valence-electron chi connectivity index (χ3n) is 5.24. The summed E-state index contributed by atoms with van der Waals surface area (Å²) in [5, 5.41) is 0. The Morgan fingerprint density at radius 1 is 0.889 bits per heavy atom. The molecule has 2 heteroatoms. The number of carbonyl (C=O) groups excluding carboxylic acids is 1. The van der Waals surface area contributed by atoms with Crippen LogP contribution in [0.5, 0.6) is 5.75 Å². The molecule has 0 fully saturated rings. The van der Waals surface area contributed by atoms with Gasteiger partial charge in [0.15, 0.2) is 0 Å². The molecule has 0 aliphatic carbocycles. The van der Waals surface area contributed by atoms with Crippen molar-refractivity contribution in [3.8, 4) is 5.75 Å². The van der Waals surface area contributed by atoms with Crippen molar-refractivity contribution in [3.05, 3.63) is 66.2 Å². The maximum atomic E-state index is 12.7. The van der Waals surface area contributed by atoms with E-state index in [4.69, 9.17) is 4.74 Å². The van der Waals surface area contributed by atoms with E-state index in [2.05, 4.69) is 44.2 Å². The lowest BCUT2D eigenvalue weighted by molar-refractivity contribution is -0.139. The first-order valence-electron chi connectivity index (χ1n) is 10.5. The Balaban J connectivity index is 1.97. The van der Waals surface area contributed by atoms with Gasteiger partial charge in [0, 0.05) is 0 Å². The van der Waals surface area contributed by atoms with Crippen LogP contribution in [0.25, 0.3) is 0 Å². The Morgan fingerprint density at radius 2 is 1.56 bits per heavy atom. The van der Waals surface area contributed by atoms with E-state index in [0.29, 0.717) is 11.7 Å². The van der Waals surface area contributed by atoms with Gasteiger partial charge >= 0.3 is 5.97 Å². The molecule has 0 spiro atoms. The number of carbonyl (C=O) groups is 1. The van der Waals surface area contributed by atoms with Crippen molar-refractivity contribution in [2.45, 2.75) is 65.2 Å². The summed E-state index contributed by atoms with van der Waals surface area (Å²) >= 11 is 0. The van der Waals surface area contributed by atoms with E-state index in [9.17, 15) is 4.79 Å². The summed E-state index contributed by atoms with van der Waals surface area (Å²) in [6, 6.07) is 20.1. The van der Waals surface area contributed by atoms with Crippen LogP contribution >= 0.6 is 0 Å². The quantitative estimate of drug-likeness (QED) is 0.233. The lowest BCUT2D eigenvalue weighted by Gasteiger charge is -2.22. The van der Waals surface area contributed by atoms with Gasteiger partial charge in [-0.3, -0.25) is 4.79 Å². The van der Waals surface area contributed by atoms with Gasteiger partial charge in [0.2, 0.25) is 0 Å². The van der Waals surface area contributed by atoms with Gasteiger partial charge in [-0.25, -0.2) is 0 Å².